The van der Waals surface area contributed by atoms with Crippen LogP contribution >= 0.6 is 11.3 Å². The summed E-state index contributed by atoms with van der Waals surface area (Å²) in [6, 6.07) is 14.7. The van der Waals surface area contributed by atoms with Crippen LogP contribution in [0.1, 0.15) is 20.8 Å². The van der Waals surface area contributed by atoms with E-state index in [0.717, 1.165) is 43.1 Å². The highest BCUT2D eigenvalue weighted by molar-refractivity contribution is 7.20. The molecule has 6 heteroatoms. The highest BCUT2D eigenvalue weighted by Gasteiger charge is 2.15. The van der Waals surface area contributed by atoms with E-state index in [4.69, 9.17) is 4.74 Å². The quantitative estimate of drug-likeness (QED) is 0.727. The number of nitrogens with one attached hydrogen (secondary N) is 1. The zero-order chi connectivity index (χ0) is 18.6. The van der Waals surface area contributed by atoms with Crippen molar-refractivity contribution in [3.05, 3.63) is 70.4 Å². The van der Waals surface area contributed by atoms with Crippen LogP contribution < -0.4 is 5.32 Å². The topological polar surface area (TPSA) is 41.6 Å². The van der Waals surface area contributed by atoms with E-state index in [9.17, 15) is 9.18 Å². The van der Waals surface area contributed by atoms with Gasteiger partial charge in [-0.05, 0) is 29.3 Å². The van der Waals surface area contributed by atoms with Crippen LogP contribution in [-0.2, 0) is 17.8 Å². The van der Waals surface area contributed by atoms with E-state index in [1.165, 1.54) is 23.0 Å². The maximum Gasteiger partial charge on any atom is 0.261 e. The van der Waals surface area contributed by atoms with Crippen molar-refractivity contribution in [1.82, 2.24) is 10.2 Å². The summed E-state index contributed by atoms with van der Waals surface area (Å²) in [7, 11) is 0. The first-order valence-corrected chi connectivity index (χ1v) is 9.85. The van der Waals surface area contributed by atoms with Gasteiger partial charge in [-0.15, -0.1) is 11.3 Å². The second-order valence-corrected chi connectivity index (χ2v) is 7.69. The second-order valence-electron chi connectivity index (χ2n) is 6.60. The number of ether oxygens (including phenoxy) is 1. The normalized spacial score (nSPS) is 15.1. The maximum atomic E-state index is 13.9. The predicted molar refractivity (Wildman–Crippen MR) is 105 cm³/mol. The van der Waals surface area contributed by atoms with Gasteiger partial charge in [-0.25, -0.2) is 4.39 Å². The number of halogens is 1. The first-order chi connectivity index (χ1) is 13.2. The average molecular weight is 384 g/mol. The van der Waals surface area contributed by atoms with Gasteiger partial charge in [-0.1, -0.05) is 30.3 Å². The van der Waals surface area contributed by atoms with Crippen molar-refractivity contribution >= 4 is 27.3 Å². The van der Waals surface area contributed by atoms with Crippen LogP contribution in [0.3, 0.4) is 0 Å². The molecule has 1 fully saturated rings. The fourth-order valence-corrected chi connectivity index (χ4v) is 4.28. The molecule has 1 aliphatic heterocycles. The lowest BCUT2D eigenvalue weighted by Gasteiger charge is -2.27. The van der Waals surface area contributed by atoms with Crippen molar-refractivity contribution in [2.45, 2.75) is 13.1 Å². The number of thiophene rings is 1. The number of fused-ring (bicyclic) bond motifs is 1. The molecular weight excluding hydrogens is 363 g/mol. The highest BCUT2D eigenvalue weighted by Crippen LogP contribution is 2.27. The van der Waals surface area contributed by atoms with E-state index in [2.05, 4.69) is 16.3 Å². The number of amides is 1. The Kier molecular flexibility index (Phi) is 5.48. The molecular formula is C21H21FN2O2S. The molecule has 0 spiro atoms. The van der Waals surface area contributed by atoms with Gasteiger partial charge < -0.3 is 10.1 Å². The number of benzene rings is 2. The molecule has 0 saturated carbocycles. The van der Waals surface area contributed by atoms with Crippen LogP contribution in [0.2, 0.25) is 0 Å². The third-order valence-corrected chi connectivity index (χ3v) is 5.89. The monoisotopic (exact) mass is 384 g/mol. The maximum absolute atomic E-state index is 13.9. The molecule has 27 heavy (non-hydrogen) atoms. The van der Waals surface area contributed by atoms with E-state index in [-0.39, 0.29) is 11.7 Å². The van der Waals surface area contributed by atoms with E-state index >= 15 is 0 Å². The Hall–Kier alpha value is -2.28. The lowest BCUT2D eigenvalue weighted by Crippen LogP contribution is -2.36. The predicted octanol–water partition coefficient (Wildman–Crippen LogP) is 3.80. The molecule has 4 rings (SSSR count). The lowest BCUT2D eigenvalue weighted by atomic mass is 10.1. The first-order valence-electron chi connectivity index (χ1n) is 9.04. The smallest absolute Gasteiger partial charge is 0.261 e. The van der Waals surface area contributed by atoms with E-state index in [0.29, 0.717) is 16.8 Å². The van der Waals surface area contributed by atoms with Gasteiger partial charge in [0, 0.05) is 36.3 Å². The summed E-state index contributed by atoms with van der Waals surface area (Å²) >= 11 is 1.31. The van der Waals surface area contributed by atoms with Gasteiger partial charge in [0.2, 0.25) is 0 Å². The Balaban J connectivity index is 1.44. The molecule has 0 atom stereocenters. The Bertz CT molecular complexity index is 950. The van der Waals surface area contributed by atoms with Gasteiger partial charge in [0.1, 0.15) is 5.82 Å². The van der Waals surface area contributed by atoms with E-state index in [1.807, 2.05) is 24.3 Å². The molecule has 1 N–H and O–H groups in total. The molecule has 3 aromatic rings. The molecule has 2 heterocycles. The number of carbonyl (C=O) groups excluding carboxylic acids is 1. The minimum absolute atomic E-state index is 0.170. The molecule has 1 aliphatic rings. The van der Waals surface area contributed by atoms with Gasteiger partial charge in [0.25, 0.3) is 5.91 Å². The van der Waals surface area contributed by atoms with Crippen LogP contribution in [0.15, 0.2) is 48.5 Å². The van der Waals surface area contributed by atoms with Crippen LogP contribution in [0, 0.1) is 5.82 Å². The Morgan fingerprint density at radius 2 is 1.89 bits per heavy atom. The summed E-state index contributed by atoms with van der Waals surface area (Å²) in [5.74, 6) is -0.463. The zero-order valence-corrected chi connectivity index (χ0v) is 15.7. The highest BCUT2D eigenvalue weighted by atomic mass is 32.1. The van der Waals surface area contributed by atoms with Crippen molar-refractivity contribution in [2.75, 3.05) is 26.3 Å². The molecule has 0 unspecified atom stereocenters. The third kappa shape index (κ3) is 4.18. The number of hydrogen-bond acceptors (Lipinski definition) is 4. The molecule has 140 valence electrons. The van der Waals surface area contributed by atoms with Gasteiger partial charge in [0.15, 0.2) is 0 Å². The van der Waals surface area contributed by atoms with Crippen LogP contribution in [0.5, 0.6) is 0 Å². The number of hydrogen-bond donors (Lipinski definition) is 1. The molecule has 0 aliphatic carbocycles. The number of rotatable bonds is 5. The first kappa shape index (κ1) is 18.1. The Morgan fingerprint density at radius 1 is 1.11 bits per heavy atom. The summed E-state index contributed by atoms with van der Waals surface area (Å²) in [4.78, 5) is 15.4. The van der Waals surface area contributed by atoms with E-state index in [1.54, 1.807) is 12.1 Å². The average Bonchev–Trinajstić information content (AvgIpc) is 3.14. The minimum Gasteiger partial charge on any atom is -0.379 e. The molecule has 1 amide bonds. The largest absolute Gasteiger partial charge is 0.379 e. The SMILES string of the molecule is O=C(NCc1ccccc1CN1CCOCC1)c1cc2c(F)cccc2s1. The molecule has 0 radical (unpaired) electrons. The van der Waals surface area contributed by atoms with E-state index < -0.39 is 0 Å². The Labute approximate surface area is 161 Å². The second kappa shape index (κ2) is 8.17. The van der Waals surface area contributed by atoms with Crippen molar-refractivity contribution in [2.24, 2.45) is 0 Å². The third-order valence-electron chi connectivity index (χ3n) is 4.79. The van der Waals surface area contributed by atoms with Crippen molar-refractivity contribution in [1.29, 1.82) is 0 Å². The van der Waals surface area contributed by atoms with Crippen LogP contribution in [-0.4, -0.2) is 37.1 Å². The summed E-state index contributed by atoms with van der Waals surface area (Å²) < 4.78 is 20.0. The van der Waals surface area contributed by atoms with Crippen molar-refractivity contribution < 1.29 is 13.9 Å². The van der Waals surface area contributed by atoms with Crippen molar-refractivity contribution in [3.63, 3.8) is 0 Å². The number of nitrogens with zero attached hydrogens (tertiary/aromatic N) is 1. The standard InChI is InChI=1S/C21H21FN2O2S/c22-18-6-3-7-19-17(18)12-20(27-19)21(25)23-13-15-4-1-2-5-16(15)14-24-8-10-26-11-9-24/h1-7,12H,8-11,13-14H2,(H,23,25). The summed E-state index contributed by atoms with van der Waals surface area (Å²) in [6.07, 6.45) is 0. The fraction of sp³-hybridized carbons (Fsp3) is 0.286. The lowest BCUT2D eigenvalue weighted by molar-refractivity contribution is 0.0340. The van der Waals surface area contributed by atoms with Gasteiger partial charge >= 0.3 is 0 Å². The Morgan fingerprint density at radius 3 is 2.67 bits per heavy atom. The van der Waals surface area contributed by atoms with Crippen molar-refractivity contribution in [3.8, 4) is 0 Å². The van der Waals surface area contributed by atoms with Gasteiger partial charge in [-0.2, -0.15) is 0 Å². The van der Waals surface area contributed by atoms with Gasteiger partial charge in [-0.3, -0.25) is 9.69 Å². The zero-order valence-electron chi connectivity index (χ0n) is 14.9. The molecule has 2 aromatic carbocycles. The fourth-order valence-electron chi connectivity index (χ4n) is 3.28. The molecule has 0 bridgehead atoms. The molecule has 4 nitrogen and oxygen atoms in total. The molecule has 1 aromatic heterocycles. The van der Waals surface area contributed by atoms with Gasteiger partial charge in [0.05, 0.1) is 18.1 Å². The van der Waals surface area contributed by atoms with Crippen LogP contribution in [0.4, 0.5) is 4.39 Å². The minimum atomic E-state index is -0.293. The van der Waals surface area contributed by atoms with Crippen LogP contribution in [0.25, 0.3) is 10.1 Å². The summed E-state index contributed by atoms with van der Waals surface area (Å²) in [5, 5.41) is 3.48. The summed E-state index contributed by atoms with van der Waals surface area (Å²) in [5.41, 5.74) is 2.31. The molecule has 1 saturated heterocycles. The summed E-state index contributed by atoms with van der Waals surface area (Å²) in [6.45, 7) is 4.68. The number of morpholine rings is 1. The number of carbonyl (C=O) groups is 1.